The van der Waals surface area contributed by atoms with Crippen molar-refractivity contribution < 1.29 is 19.0 Å². The number of ether oxygens (including phenoxy) is 1. The second-order valence-corrected chi connectivity index (χ2v) is 5.18. The van der Waals surface area contributed by atoms with E-state index in [2.05, 4.69) is 0 Å². The molecule has 0 unspecified atom stereocenters. The Labute approximate surface area is 131 Å². The number of aliphatic hydroxyl groups is 1. The van der Waals surface area contributed by atoms with Crippen molar-refractivity contribution in [1.29, 1.82) is 0 Å². The Morgan fingerprint density at radius 1 is 1.27 bits per heavy atom. The van der Waals surface area contributed by atoms with Crippen LogP contribution in [-0.2, 0) is 4.79 Å². The summed E-state index contributed by atoms with van der Waals surface area (Å²) in [6.45, 7) is 5.91. The number of halogens is 1. The van der Waals surface area contributed by atoms with Crippen molar-refractivity contribution in [2.24, 2.45) is 0 Å². The molecule has 0 aliphatic carbocycles. The molecular formula is C16H25FN2O3. The number of rotatable bonds is 9. The summed E-state index contributed by atoms with van der Waals surface area (Å²) in [5, 5.41) is 9.94. The summed E-state index contributed by atoms with van der Waals surface area (Å²) in [5.41, 5.74) is 0. The SMILES string of the molecule is CCN(CC)C(=O)CN(C)C[C@H](O)COc1ccc(F)cc1. The van der Waals surface area contributed by atoms with Gasteiger partial charge in [0.2, 0.25) is 5.91 Å². The summed E-state index contributed by atoms with van der Waals surface area (Å²) in [4.78, 5) is 15.5. The fraction of sp³-hybridized carbons (Fsp3) is 0.562. The number of likely N-dealkylation sites (N-methyl/N-ethyl adjacent to an activating group) is 2. The quantitative estimate of drug-likeness (QED) is 0.748. The number of aliphatic hydroxyl groups excluding tert-OH is 1. The molecule has 124 valence electrons. The van der Waals surface area contributed by atoms with Gasteiger partial charge in [0, 0.05) is 19.6 Å². The van der Waals surface area contributed by atoms with Crippen LogP contribution >= 0.6 is 0 Å². The zero-order valence-electron chi connectivity index (χ0n) is 13.5. The fourth-order valence-corrected chi connectivity index (χ4v) is 2.11. The van der Waals surface area contributed by atoms with Crippen molar-refractivity contribution in [3.63, 3.8) is 0 Å². The molecule has 6 heteroatoms. The van der Waals surface area contributed by atoms with Crippen LogP contribution in [0.25, 0.3) is 0 Å². The fourth-order valence-electron chi connectivity index (χ4n) is 2.11. The lowest BCUT2D eigenvalue weighted by molar-refractivity contribution is -0.132. The first-order chi connectivity index (χ1) is 10.5. The maximum absolute atomic E-state index is 12.8. The molecule has 0 fully saturated rings. The van der Waals surface area contributed by atoms with Crippen LogP contribution in [-0.4, -0.2) is 66.8 Å². The van der Waals surface area contributed by atoms with Gasteiger partial charge < -0.3 is 14.7 Å². The molecule has 1 N–H and O–H groups in total. The molecule has 1 amide bonds. The molecule has 0 aliphatic rings. The van der Waals surface area contributed by atoms with Crippen LogP contribution in [0.3, 0.4) is 0 Å². The van der Waals surface area contributed by atoms with Crippen molar-refractivity contribution in [2.75, 3.05) is 39.8 Å². The van der Waals surface area contributed by atoms with Gasteiger partial charge in [-0.15, -0.1) is 0 Å². The van der Waals surface area contributed by atoms with E-state index in [4.69, 9.17) is 4.74 Å². The van der Waals surface area contributed by atoms with Gasteiger partial charge in [0.25, 0.3) is 0 Å². The largest absolute Gasteiger partial charge is 0.491 e. The molecule has 0 aromatic heterocycles. The molecule has 0 spiro atoms. The van der Waals surface area contributed by atoms with Crippen molar-refractivity contribution >= 4 is 5.91 Å². The Bertz CT molecular complexity index is 449. The normalized spacial score (nSPS) is 12.3. The average molecular weight is 312 g/mol. The molecule has 1 rings (SSSR count). The Morgan fingerprint density at radius 3 is 2.41 bits per heavy atom. The highest BCUT2D eigenvalue weighted by Gasteiger charge is 2.15. The Kier molecular flexibility index (Phi) is 7.84. The molecule has 22 heavy (non-hydrogen) atoms. The lowest BCUT2D eigenvalue weighted by atomic mass is 10.3. The molecule has 0 saturated carbocycles. The highest BCUT2D eigenvalue weighted by atomic mass is 19.1. The summed E-state index contributed by atoms with van der Waals surface area (Å²) < 4.78 is 18.1. The van der Waals surface area contributed by atoms with Crippen LogP contribution in [0.1, 0.15) is 13.8 Å². The first kappa shape index (κ1) is 18.4. The van der Waals surface area contributed by atoms with E-state index in [1.165, 1.54) is 24.3 Å². The maximum atomic E-state index is 12.8. The van der Waals surface area contributed by atoms with E-state index in [1.807, 2.05) is 13.8 Å². The number of carbonyl (C=O) groups excluding carboxylic acids is 1. The third-order valence-electron chi connectivity index (χ3n) is 3.30. The Balaban J connectivity index is 2.33. The van der Waals surface area contributed by atoms with Crippen LogP contribution in [0.4, 0.5) is 4.39 Å². The molecule has 1 aromatic rings. The van der Waals surface area contributed by atoms with Gasteiger partial charge in [-0.25, -0.2) is 4.39 Å². The van der Waals surface area contributed by atoms with Crippen LogP contribution in [0.15, 0.2) is 24.3 Å². The summed E-state index contributed by atoms with van der Waals surface area (Å²) in [5.74, 6) is 0.212. The minimum atomic E-state index is -0.723. The van der Waals surface area contributed by atoms with Crippen molar-refractivity contribution in [2.45, 2.75) is 20.0 Å². The third kappa shape index (κ3) is 6.41. The Morgan fingerprint density at radius 2 is 1.86 bits per heavy atom. The third-order valence-corrected chi connectivity index (χ3v) is 3.30. The number of hydrogen-bond donors (Lipinski definition) is 1. The molecule has 0 saturated heterocycles. The molecule has 5 nitrogen and oxygen atoms in total. The van der Waals surface area contributed by atoms with E-state index in [0.29, 0.717) is 25.4 Å². The van der Waals surface area contributed by atoms with E-state index >= 15 is 0 Å². The van der Waals surface area contributed by atoms with E-state index < -0.39 is 6.10 Å². The highest BCUT2D eigenvalue weighted by molar-refractivity contribution is 5.78. The predicted octanol–water partition coefficient (Wildman–Crippen LogP) is 1.37. The van der Waals surface area contributed by atoms with Gasteiger partial charge >= 0.3 is 0 Å². The molecule has 1 aromatic carbocycles. The number of amides is 1. The molecule has 0 bridgehead atoms. The van der Waals surface area contributed by atoms with Crippen LogP contribution < -0.4 is 4.74 Å². The predicted molar refractivity (Wildman–Crippen MR) is 83.3 cm³/mol. The van der Waals surface area contributed by atoms with Gasteiger partial charge in [-0.2, -0.15) is 0 Å². The van der Waals surface area contributed by atoms with E-state index in [1.54, 1.807) is 16.8 Å². The average Bonchev–Trinajstić information content (AvgIpc) is 2.47. The minimum absolute atomic E-state index is 0.0409. The zero-order valence-corrected chi connectivity index (χ0v) is 13.5. The van der Waals surface area contributed by atoms with Gasteiger partial charge in [0.15, 0.2) is 0 Å². The second-order valence-electron chi connectivity index (χ2n) is 5.18. The zero-order chi connectivity index (χ0) is 16.5. The summed E-state index contributed by atoms with van der Waals surface area (Å²) in [6, 6.07) is 5.62. The van der Waals surface area contributed by atoms with Crippen molar-refractivity contribution in [1.82, 2.24) is 9.80 Å². The van der Waals surface area contributed by atoms with Crippen LogP contribution in [0.2, 0.25) is 0 Å². The summed E-state index contributed by atoms with van der Waals surface area (Å²) in [6.07, 6.45) is -0.723. The molecule has 0 heterocycles. The lowest BCUT2D eigenvalue weighted by Gasteiger charge is -2.24. The number of carbonyl (C=O) groups is 1. The van der Waals surface area contributed by atoms with Gasteiger partial charge in [0.05, 0.1) is 6.54 Å². The molecule has 0 aliphatic heterocycles. The smallest absolute Gasteiger partial charge is 0.236 e. The van der Waals surface area contributed by atoms with Crippen molar-refractivity contribution in [3.05, 3.63) is 30.1 Å². The first-order valence-electron chi connectivity index (χ1n) is 7.49. The van der Waals surface area contributed by atoms with Gasteiger partial charge in [0.1, 0.15) is 24.3 Å². The van der Waals surface area contributed by atoms with Gasteiger partial charge in [-0.1, -0.05) is 0 Å². The number of hydrogen-bond acceptors (Lipinski definition) is 4. The van der Waals surface area contributed by atoms with Crippen molar-refractivity contribution in [3.8, 4) is 5.75 Å². The summed E-state index contributed by atoms with van der Waals surface area (Å²) in [7, 11) is 1.78. The summed E-state index contributed by atoms with van der Waals surface area (Å²) >= 11 is 0. The van der Waals surface area contributed by atoms with E-state index in [9.17, 15) is 14.3 Å². The number of nitrogens with zero attached hydrogens (tertiary/aromatic N) is 2. The van der Waals surface area contributed by atoms with Crippen LogP contribution in [0, 0.1) is 5.82 Å². The molecule has 1 atom stereocenters. The molecule has 0 radical (unpaired) electrons. The van der Waals surface area contributed by atoms with E-state index in [0.717, 1.165) is 0 Å². The highest BCUT2D eigenvalue weighted by Crippen LogP contribution is 2.11. The standard InChI is InChI=1S/C16H25FN2O3/c1-4-19(5-2)16(21)11-18(3)10-14(20)12-22-15-8-6-13(17)7-9-15/h6-9,14,20H,4-5,10-12H2,1-3H3/t14-/m0/s1. The van der Waals surface area contributed by atoms with E-state index in [-0.39, 0.29) is 24.9 Å². The minimum Gasteiger partial charge on any atom is -0.491 e. The first-order valence-corrected chi connectivity index (χ1v) is 7.49. The Hall–Kier alpha value is -1.66. The maximum Gasteiger partial charge on any atom is 0.236 e. The topological polar surface area (TPSA) is 53.0 Å². The molecular weight excluding hydrogens is 287 g/mol. The second kappa shape index (κ2) is 9.38. The van der Waals surface area contributed by atoms with Gasteiger partial charge in [-0.05, 0) is 45.2 Å². The monoisotopic (exact) mass is 312 g/mol. The van der Waals surface area contributed by atoms with Gasteiger partial charge in [-0.3, -0.25) is 9.69 Å². The van der Waals surface area contributed by atoms with Crippen LogP contribution in [0.5, 0.6) is 5.75 Å². The number of benzene rings is 1. The lowest BCUT2D eigenvalue weighted by Crippen LogP contribution is -2.42.